The van der Waals surface area contributed by atoms with Crippen LogP contribution >= 0.6 is 11.3 Å². The van der Waals surface area contributed by atoms with Crippen molar-refractivity contribution in [3.63, 3.8) is 0 Å². The number of aryl methyl sites for hydroxylation is 1. The molecule has 148 valence electrons. The van der Waals surface area contributed by atoms with Gasteiger partial charge in [-0.05, 0) is 37.6 Å². The van der Waals surface area contributed by atoms with Gasteiger partial charge in [0.05, 0.1) is 17.3 Å². The topological polar surface area (TPSA) is 59.5 Å². The molecule has 0 atom stereocenters. The van der Waals surface area contributed by atoms with Gasteiger partial charge < -0.3 is 4.74 Å². The molecule has 0 saturated heterocycles. The smallest absolute Gasteiger partial charge is 0.247 e. The van der Waals surface area contributed by atoms with Crippen molar-refractivity contribution in [2.24, 2.45) is 0 Å². The van der Waals surface area contributed by atoms with Crippen molar-refractivity contribution >= 4 is 21.4 Å². The van der Waals surface area contributed by atoms with Gasteiger partial charge in [-0.2, -0.15) is 4.31 Å². The molecule has 0 aliphatic rings. The molecular formula is C21H24N2O3S2. The molecule has 28 heavy (non-hydrogen) atoms. The molecule has 0 unspecified atom stereocenters. The van der Waals surface area contributed by atoms with E-state index >= 15 is 0 Å². The molecule has 0 amide bonds. The molecule has 0 spiro atoms. The molecule has 0 saturated carbocycles. The quantitative estimate of drug-likeness (QED) is 0.533. The van der Waals surface area contributed by atoms with Gasteiger partial charge in [0.25, 0.3) is 0 Å². The highest BCUT2D eigenvalue weighted by Crippen LogP contribution is 2.33. The van der Waals surface area contributed by atoms with Crippen LogP contribution in [-0.4, -0.2) is 30.9 Å². The minimum atomic E-state index is -3.74. The predicted octanol–water partition coefficient (Wildman–Crippen LogP) is 4.73. The summed E-state index contributed by atoms with van der Waals surface area (Å²) in [5.74, 6) is 0.365. The number of rotatable bonds is 8. The summed E-state index contributed by atoms with van der Waals surface area (Å²) in [5.41, 5.74) is 2.48. The SMILES string of the molecule is CCOc1ccc(-c2csc(C)n2)cc1S(=O)(=O)N(CC)Cc1ccccc1. The molecule has 0 bridgehead atoms. The minimum Gasteiger partial charge on any atom is -0.492 e. The fourth-order valence-electron chi connectivity index (χ4n) is 2.93. The molecule has 3 rings (SSSR count). The van der Waals surface area contributed by atoms with E-state index in [0.29, 0.717) is 25.4 Å². The second kappa shape index (κ2) is 8.86. The third-order valence-corrected chi connectivity index (χ3v) is 7.05. The Morgan fingerprint density at radius 1 is 1.11 bits per heavy atom. The highest BCUT2D eigenvalue weighted by molar-refractivity contribution is 7.89. The van der Waals surface area contributed by atoms with Crippen molar-refractivity contribution in [3.05, 3.63) is 64.5 Å². The molecule has 7 heteroatoms. The fraction of sp³-hybridized carbons (Fsp3) is 0.286. The van der Waals surface area contributed by atoms with Crippen molar-refractivity contribution in [3.8, 4) is 17.0 Å². The van der Waals surface area contributed by atoms with Gasteiger partial charge in [0.15, 0.2) is 0 Å². The summed E-state index contributed by atoms with van der Waals surface area (Å²) in [6.07, 6.45) is 0. The van der Waals surface area contributed by atoms with Crippen LogP contribution < -0.4 is 4.74 Å². The molecule has 0 radical (unpaired) electrons. The molecule has 0 N–H and O–H groups in total. The van der Waals surface area contributed by atoms with Crippen LogP contribution in [0.3, 0.4) is 0 Å². The van der Waals surface area contributed by atoms with Crippen molar-refractivity contribution < 1.29 is 13.2 Å². The lowest BCUT2D eigenvalue weighted by Gasteiger charge is -2.22. The zero-order chi connectivity index (χ0) is 20.1. The molecule has 0 aliphatic carbocycles. The number of aromatic nitrogens is 1. The monoisotopic (exact) mass is 416 g/mol. The van der Waals surface area contributed by atoms with E-state index < -0.39 is 10.0 Å². The lowest BCUT2D eigenvalue weighted by Crippen LogP contribution is -2.30. The van der Waals surface area contributed by atoms with Crippen LogP contribution in [0.2, 0.25) is 0 Å². The first-order chi connectivity index (χ1) is 13.5. The number of nitrogens with zero attached hydrogens (tertiary/aromatic N) is 2. The number of sulfonamides is 1. The average Bonchev–Trinajstić information content (AvgIpc) is 3.13. The Balaban J connectivity index is 2.04. The molecule has 0 aliphatic heterocycles. The molecule has 5 nitrogen and oxygen atoms in total. The Morgan fingerprint density at radius 3 is 2.46 bits per heavy atom. The lowest BCUT2D eigenvalue weighted by molar-refractivity contribution is 0.328. The first-order valence-electron chi connectivity index (χ1n) is 9.19. The molecule has 3 aromatic rings. The van der Waals surface area contributed by atoms with Gasteiger partial charge in [-0.1, -0.05) is 37.3 Å². The second-order valence-corrected chi connectivity index (χ2v) is 9.23. The van der Waals surface area contributed by atoms with Crippen LogP contribution in [0.1, 0.15) is 24.4 Å². The molecule has 1 aromatic heterocycles. The number of thiazole rings is 1. The zero-order valence-electron chi connectivity index (χ0n) is 16.3. The first kappa shape index (κ1) is 20.5. The van der Waals surface area contributed by atoms with Crippen LogP contribution in [0.25, 0.3) is 11.3 Å². The number of hydrogen-bond acceptors (Lipinski definition) is 5. The maximum Gasteiger partial charge on any atom is 0.247 e. The van der Waals surface area contributed by atoms with Crippen molar-refractivity contribution in [2.75, 3.05) is 13.2 Å². The Morgan fingerprint density at radius 2 is 1.86 bits per heavy atom. The molecular weight excluding hydrogens is 392 g/mol. The predicted molar refractivity (Wildman–Crippen MR) is 113 cm³/mol. The van der Waals surface area contributed by atoms with Crippen LogP contribution in [0.4, 0.5) is 0 Å². The summed E-state index contributed by atoms with van der Waals surface area (Å²) in [5, 5.41) is 2.87. The fourth-order valence-corrected chi connectivity index (χ4v) is 5.15. The van der Waals surface area contributed by atoms with Gasteiger partial charge in [0.1, 0.15) is 10.6 Å². The largest absolute Gasteiger partial charge is 0.492 e. The van der Waals surface area contributed by atoms with Gasteiger partial charge in [-0.15, -0.1) is 11.3 Å². The highest BCUT2D eigenvalue weighted by Gasteiger charge is 2.27. The van der Waals surface area contributed by atoms with Gasteiger partial charge in [-0.25, -0.2) is 13.4 Å². The number of hydrogen-bond donors (Lipinski definition) is 0. The average molecular weight is 417 g/mol. The van der Waals surface area contributed by atoms with Gasteiger partial charge in [-0.3, -0.25) is 0 Å². The zero-order valence-corrected chi connectivity index (χ0v) is 17.9. The third kappa shape index (κ3) is 4.43. The number of ether oxygens (including phenoxy) is 1. The Bertz CT molecular complexity index is 1030. The van der Waals surface area contributed by atoms with E-state index in [1.165, 1.54) is 15.6 Å². The van der Waals surface area contributed by atoms with Gasteiger partial charge in [0, 0.05) is 24.0 Å². The highest BCUT2D eigenvalue weighted by atomic mass is 32.2. The molecule has 2 aromatic carbocycles. The summed E-state index contributed by atoms with van der Waals surface area (Å²) in [6.45, 7) is 6.68. The molecule has 1 heterocycles. The van der Waals surface area contributed by atoms with Crippen LogP contribution in [-0.2, 0) is 16.6 Å². The Kier molecular flexibility index (Phi) is 6.49. The van der Waals surface area contributed by atoms with E-state index in [2.05, 4.69) is 4.98 Å². The number of benzene rings is 2. The van der Waals surface area contributed by atoms with Crippen molar-refractivity contribution in [1.29, 1.82) is 0 Å². The van der Waals surface area contributed by atoms with Crippen molar-refractivity contribution in [2.45, 2.75) is 32.2 Å². The first-order valence-corrected chi connectivity index (χ1v) is 11.5. The normalized spacial score (nSPS) is 11.7. The molecule has 0 fully saturated rings. The van der Waals surface area contributed by atoms with E-state index in [1.54, 1.807) is 12.1 Å². The van der Waals surface area contributed by atoms with Gasteiger partial charge in [0.2, 0.25) is 10.0 Å². The maximum absolute atomic E-state index is 13.5. The van der Waals surface area contributed by atoms with Gasteiger partial charge >= 0.3 is 0 Å². The Hall–Kier alpha value is -2.22. The standard InChI is InChI=1S/C21H24N2O3S2/c1-4-23(14-17-9-7-6-8-10-17)28(24,25)21-13-18(11-12-20(21)26-5-2)19-15-27-16(3)22-19/h6-13,15H,4-5,14H2,1-3H3. The van der Waals surface area contributed by atoms with E-state index in [4.69, 9.17) is 4.74 Å². The van der Waals surface area contributed by atoms with Crippen molar-refractivity contribution in [1.82, 2.24) is 9.29 Å². The summed E-state index contributed by atoms with van der Waals surface area (Å²) in [4.78, 5) is 4.66. The summed E-state index contributed by atoms with van der Waals surface area (Å²) in [6, 6.07) is 14.8. The second-order valence-electron chi connectivity index (χ2n) is 6.26. The van der Waals surface area contributed by atoms with E-state index in [-0.39, 0.29) is 4.90 Å². The third-order valence-electron chi connectivity index (χ3n) is 4.33. The van der Waals surface area contributed by atoms with E-state index in [9.17, 15) is 8.42 Å². The van der Waals surface area contributed by atoms with E-state index in [1.807, 2.05) is 62.5 Å². The summed E-state index contributed by atoms with van der Waals surface area (Å²) >= 11 is 1.54. The summed E-state index contributed by atoms with van der Waals surface area (Å²) in [7, 11) is -3.74. The van der Waals surface area contributed by atoms with Crippen LogP contribution in [0.5, 0.6) is 5.75 Å². The Labute approximate surface area is 170 Å². The van der Waals surface area contributed by atoms with Crippen LogP contribution in [0, 0.1) is 6.92 Å². The van der Waals surface area contributed by atoms with Crippen LogP contribution in [0.15, 0.2) is 58.8 Å². The lowest BCUT2D eigenvalue weighted by atomic mass is 10.2. The summed E-state index contributed by atoms with van der Waals surface area (Å²) < 4.78 is 34.1. The maximum atomic E-state index is 13.5. The minimum absolute atomic E-state index is 0.176. The van der Waals surface area contributed by atoms with E-state index in [0.717, 1.165) is 21.8 Å².